The number of carbonyl (C=O) groups excluding carboxylic acids is 1. The maximum absolute atomic E-state index is 14.2. The number of carbonyl (C=O) groups is 1. The first kappa shape index (κ1) is 21.4. The van der Waals surface area contributed by atoms with Crippen LogP contribution < -0.4 is 5.48 Å². The lowest BCUT2D eigenvalue weighted by molar-refractivity contribution is -0.269. The van der Waals surface area contributed by atoms with Crippen LogP contribution in [0.15, 0.2) is 36.4 Å². The lowest BCUT2D eigenvalue weighted by atomic mass is 9.91. The van der Waals surface area contributed by atoms with E-state index in [0.29, 0.717) is 0 Å². The number of ether oxygens (including phenoxy) is 1. The minimum absolute atomic E-state index is 0.0182. The zero-order chi connectivity index (χ0) is 22.6. The molecule has 0 spiro atoms. The van der Waals surface area contributed by atoms with E-state index in [1.807, 2.05) is 0 Å². The minimum atomic E-state index is -4.86. The Balaban J connectivity index is 1.92. The van der Waals surface area contributed by atoms with E-state index in [4.69, 9.17) is 32.8 Å². The van der Waals surface area contributed by atoms with Gasteiger partial charge in [-0.3, -0.25) is 10.3 Å². The Morgan fingerprint density at radius 3 is 2.42 bits per heavy atom. The minimum Gasteiger partial charge on any atom is -0.465 e. The molecule has 7 nitrogen and oxygen atoms in total. The second-order valence-corrected chi connectivity index (χ2v) is 7.57. The van der Waals surface area contributed by atoms with Crippen LogP contribution in [0.25, 0.3) is 16.7 Å². The number of benzene rings is 2. The quantitative estimate of drug-likeness (QED) is 0.569. The molecule has 0 radical (unpaired) electrons. The molecule has 1 aromatic heterocycles. The van der Waals surface area contributed by atoms with Gasteiger partial charge < -0.3 is 4.74 Å². The average molecular weight is 473 g/mol. The topological polar surface area (TPSA) is 78.3 Å². The van der Waals surface area contributed by atoms with Crippen molar-refractivity contribution in [2.45, 2.75) is 11.8 Å². The normalized spacial score (nSPS) is 18.7. The van der Waals surface area contributed by atoms with E-state index in [1.165, 1.54) is 37.2 Å². The summed E-state index contributed by atoms with van der Waals surface area (Å²) >= 11 is 11.8. The van der Waals surface area contributed by atoms with Crippen LogP contribution in [-0.2, 0) is 22.2 Å². The van der Waals surface area contributed by atoms with E-state index in [-0.39, 0.29) is 43.5 Å². The summed E-state index contributed by atoms with van der Waals surface area (Å²) in [6.45, 7) is 0. The molecule has 1 N–H and O–H groups in total. The highest BCUT2D eigenvalue weighted by Crippen LogP contribution is 2.48. The number of rotatable bonds is 3. The highest BCUT2D eigenvalue weighted by molar-refractivity contribution is 6.34. The highest BCUT2D eigenvalue weighted by atomic mass is 35.5. The van der Waals surface area contributed by atoms with Crippen LogP contribution in [0.2, 0.25) is 10.0 Å². The van der Waals surface area contributed by atoms with Crippen molar-refractivity contribution >= 4 is 45.9 Å². The number of nitrogens with one attached hydrogen (secondary N) is 1. The molecule has 0 bridgehead atoms. The monoisotopic (exact) mass is 472 g/mol. The first-order chi connectivity index (χ1) is 14.6. The molecule has 0 aliphatic carbocycles. The van der Waals surface area contributed by atoms with E-state index in [2.05, 4.69) is 15.7 Å². The second kappa shape index (κ2) is 7.40. The Labute approximate surface area is 183 Å². The third-order valence-electron chi connectivity index (χ3n) is 4.72. The van der Waals surface area contributed by atoms with Crippen LogP contribution in [0.4, 0.5) is 13.2 Å². The first-order valence-electron chi connectivity index (χ1n) is 8.68. The van der Waals surface area contributed by atoms with Crippen molar-refractivity contribution in [3.05, 3.63) is 63.1 Å². The molecule has 0 saturated carbocycles. The van der Waals surface area contributed by atoms with Crippen molar-refractivity contribution in [3.8, 4) is 0 Å². The lowest BCUT2D eigenvalue weighted by Gasteiger charge is -2.28. The second-order valence-electron chi connectivity index (χ2n) is 6.69. The number of methoxy groups -OCH3 is 1. The fourth-order valence-corrected chi connectivity index (χ4v) is 3.86. The van der Waals surface area contributed by atoms with Crippen molar-refractivity contribution in [1.29, 1.82) is 0 Å². The van der Waals surface area contributed by atoms with Gasteiger partial charge in [0.1, 0.15) is 11.0 Å². The van der Waals surface area contributed by atoms with Gasteiger partial charge >= 0.3 is 12.1 Å². The van der Waals surface area contributed by atoms with Crippen molar-refractivity contribution in [2.24, 2.45) is 7.05 Å². The molecule has 0 amide bonds. The van der Waals surface area contributed by atoms with E-state index >= 15 is 0 Å². The Kier molecular flexibility index (Phi) is 5.11. The molecule has 4 rings (SSSR count). The Bertz CT molecular complexity index is 1220. The van der Waals surface area contributed by atoms with Crippen LogP contribution in [0.3, 0.4) is 0 Å². The number of aryl methyl sites for hydroxylation is 1. The fraction of sp³-hybridized carbons (Fsp3) is 0.211. The van der Waals surface area contributed by atoms with E-state index in [0.717, 1.165) is 18.2 Å². The smallest absolute Gasteiger partial charge is 0.428 e. The average Bonchev–Trinajstić information content (AvgIpc) is 3.30. The summed E-state index contributed by atoms with van der Waals surface area (Å²) in [6, 6.07) is 6.40. The van der Waals surface area contributed by atoms with Crippen LogP contribution >= 0.6 is 23.2 Å². The molecular weight excluding hydrogens is 460 g/mol. The maximum atomic E-state index is 14.2. The van der Waals surface area contributed by atoms with Crippen molar-refractivity contribution in [3.63, 3.8) is 0 Å². The van der Waals surface area contributed by atoms with Gasteiger partial charge in [0, 0.05) is 28.2 Å². The standard InChI is InChI=1S/C19H13Cl2F3N4O3/c1-28-25-15-12(3-4-13(16(15)26-28)17(29)30-2)14-8-18(31-27-14,19(22,23)24)9-5-10(20)7-11(21)6-9/h3-8,27H,1-2H3. The molecule has 31 heavy (non-hydrogen) atoms. The van der Waals surface area contributed by atoms with Gasteiger partial charge in [0.25, 0.3) is 0 Å². The summed E-state index contributed by atoms with van der Waals surface area (Å²) in [4.78, 5) is 18.3. The summed E-state index contributed by atoms with van der Waals surface area (Å²) in [5.74, 6) is -0.653. The molecule has 1 aliphatic rings. The summed E-state index contributed by atoms with van der Waals surface area (Å²) < 4.78 is 47.3. The molecule has 162 valence electrons. The number of alkyl halides is 3. The zero-order valence-electron chi connectivity index (χ0n) is 15.9. The van der Waals surface area contributed by atoms with Crippen molar-refractivity contribution < 1.29 is 27.5 Å². The molecule has 1 atom stereocenters. The number of nitrogens with zero attached hydrogens (tertiary/aromatic N) is 3. The summed E-state index contributed by atoms with van der Waals surface area (Å²) in [7, 11) is 2.73. The maximum Gasteiger partial charge on any atom is 0.428 e. The molecule has 1 unspecified atom stereocenters. The van der Waals surface area contributed by atoms with Gasteiger partial charge in [-0.1, -0.05) is 23.2 Å². The number of hydrogen-bond donors (Lipinski definition) is 1. The first-order valence-corrected chi connectivity index (χ1v) is 9.44. The number of fused-ring (bicyclic) bond motifs is 1. The number of esters is 1. The zero-order valence-corrected chi connectivity index (χ0v) is 17.4. The molecule has 0 fully saturated rings. The molecule has 12 heteroatoms. The van der Waals surface area contributed by atoms with Crippen LogP contribution in [0, 0.1) is 0 Å². The van der Waals surface area contributed by atoms with Crippen LogP contribution in [0.1, 0.15) is 21.5 Å². The van der Waals surface area contributed by atoms with Crippen LogP contribution in [-0.4, -0.2) is 34.2 Å². The van der Waals surface area contributed by atoms with Gasteiger partial charge in [0.15, 0.2) is 0 Å². The fourth-order valence-electron chi connectivity index (χ4n) is 3.33. The summed E-state index contributed by atoms with van der Waals surface area (Å²) in [5, 5.41) is 8.36. The SMILES string of the molecule is COC(=O)c1ccc(C2=CC(c3cc(Cl)cc(Cl)c3)(C(F)(F)F)ON2)c2nn(C)nc12. The Hall–Kier alpha value is -2.82. The number of aromatic nitrogens is 3. The molecular formula is C19H13Cl2F3N4O3. The van der Waals surface area contributed by atoms with Gasteiger partial charge in [-0.15, -0.1) is 0 Å². The lowest BCUT2D eigenvalue weighted by Crippen LogP contribution is -2.42. The predicted octanol–water partition coefficient (Wildman–Crippen LogP) is 4.40. The van der Waals surface area contributed by atoms with Gasteiger partial charge in [0.05, 0.1) is 18.4 Å². The van der Waals surface area contributed by atoms with E-state index in [9.17, 15) is 18.0 Å². The molecule has 2 heterocycles. The molecule has 1 aliphatic heterocycles. The number of hydroxylamine groups is 1. The van der Waals surface area contributed by atoms with E-state index < -0.39 is 17.7 Å². The molecule has 3 aromatic rings. The van der Waals surface area contributed by atoms with Crippen molar-refractivity contribution in [2.75, 3.05) is 7.11 Å². The largest absolute Gasteiger partial charge is 0.465 e. The van der Waals surface area contributed by atoms with Crippen molar-refractivity contribution in [1.82, 2.24) is 20.5 Å². The number of halogens is 5. The summed E-state index contributed by atoms with van der Waals surface area (Å²) in [6.07, 6.45) is -3.99. The summed E-state index contributed by atoms with van der Waals surface area (Å²) in [5.41, 5.74) is -0.114. The van der Waals surface area contributed by atoms with Gasteiger partial charge in [0.2, 0.25) is 5.60 Å². The highest BCUT2D eigenvalue weighted by Gasteiger charge is 2.59. The van der Waals surface area contributed by atoms with Gasteiger partial charge in [-0.05, 0) is 36.4 Å². The molecule has 2 aromatic carbocycles. The Morgan fingerprint density at radius 1 is 1.16 bits per heavy atom. The predicted molar refractivity (Wildman–Crippen MR) is 106 cm³/mol. The molecule has 0 saturated heterocycles. The number of hydrogen-bond acceptors (Lipinski definition) is 6. The third-order valence-corrected chi connectivity index (χ3v) is 5.15. The van der Waals surface area contributed by atoms with Gasteiger partial charge in [-0.2, -0.15) is 28.2 Å². The van der Waals surface area contributed by atoms with E-state index in [1.54, 1.807) is 0 Å². The van der Waals surface area contributed by atoms with Crippen LogP contribution in [0.5, 0.6) is 0 Å². The third kappa shape index (κ3) is 3.50. The van der Waals surface area contributed by atoms with Gasteiger partial charge in [-0.25, -0.2) is 4.79 Å². The Morgan fingerprint density at radius 2 is 1.81 bits per heavy atom.